The van der Waals surface area contributed by atoms with Crippen molar-refractivity contribution in [1.29, 1.82) is 0 Å². The fourth-order valence-electron chi connectivity index (χ4n) is 2.96. The molecule has 0 radical (unpaired) electrons. The Morgan fingerprint density at radius 2 is 1.33 bits per heavy atom. The molecule has 0 amide bonds. The molecule has 4 N–H and O–H groups in total. The minimum Gasteiger partial charge on any atom is -0.480 e. The third-order valence-electron chi connectivity index (χ3n) is 3.73. The van der Waals surface area contributed by atoms with Crippen LogP contribution in [-0.4, -0.2) is 47.3 Å². The second-order valence-corrected chi connectivity index (χ2v) is 4.89. The summed E-state index contributed by atoms with van der Waals surface area (Å²) in [6.45, 7) is -0.181. The Labute approximate surface area is 105 Å². The third-order valence-corrected chi connectivity index (χ3v) is 3.73. The number of carbonyl (C=O) groups is 2. The molecule has 0 spiro atoms. The van der Waals surface area contributed by atoms with Crippen LogP contribution in [0.25, 0.3) is 0 Å². The Morgan fingerprint density at radius 3 is 1.61 bits per heavy atom. The Kier molecular flexibility index (Phi) is 3.98. The first-order valence-corrected chi connectivity index (χ1v) is 6.16. The van der Waals surface area contributed by atoms with E-state index in [1.807, 2.05) is 0 Å². The first-order chi connectivity index (χ1) is 8.58. The topological polar surface area (TPSA) is 98.7 Å². The molecule has 0 aromatic rings. The maximum absolute atomic E-state index is 10.6. The summed E-state index contributed by atoms with van der Waals surface area (Å²) >= 11 is 0. The Morgan fingerprint density at radius 1 is 0.944 bits per heavy atom. The number of carboxylic acid groups (broad SMARTS) is 2. The van der Waals surface area contributed by atoms with Gasteiger partial charge in [-0.3, -0.25) is 9.59 Å². The molecule has 3 aliphatic carbocycles. The van der Waals surface area contributed by atoms with Gasteiger partial charge in [0, 0.05) is 12.1 Å². The van der Waals surface area contributed by atoms with Crippen LogP contribution in [0.4, 0.5) is 0 Å². The van der Waals surface area contributed by atoms with E-state index in [9.17, 15) is 9.59 Å². The van der Waals surface area contributed by atoms with Crippen molar-refractivity contribution in [3.63, 3.8) is 0 Å². The van der Waals surface area contributed by atoms with E-state index in [2.05, 4.69) is 22.8 Å². The molecule has 6 nitrogen and oxygen atoms in total. The van der Waals surface area contributed by atoms with Crippen molar-refractivity contribution in [2.24, 2.45) is 11.8 Å². The molecule has 0 aromatic carbocycles. The Hall–Kier alpha value is -1.40. The highest BCUT2D eigenvalue weighted by Crippen LogP contribution is 2.36. The molecule has 18 heavy (non-hydrogen) atoms. The van der Waals surface area contributed by atoms with Crippen LogP contribution in [0.15, 0.2) is 12.2 Å². The van der Waals surface area contributed by atoms with E-state index in [1.54, 1.807) is 0 Å². The number of carboxylic acids is 2. The number of hydrogen-bond donors (Lipinski definition) is 4. The minimum absolute atomic E-state index is 0.00389. The number of hydrogen-bond acceptors (Lipinski definition) is 4. The van der Waals surface area contributed by atoms with Crippen LogP contribution in [0.3, 0.4) is 0 Å². The van der Waals surface area contributed by atoms with Crippen LogP contribution in [0, 0.1) is 11.8 Å². The molecule has 6 heteroatoms. The van der Waals surface area contributed by atoms with Gasteiger partial charge in [-0.25, -0.2) is 0 Å². The molecule has 0 unspecified atom stereocenters. The fraction of sp³-hybridized carbons (Fsp3) is 0.667. The molecule has 0 heterocycles. The van der Waals surface area contributed by atoms with Gasteiger partial charge in [-0.2, -0.15) is 0 Å². The molecule has 3 aliphatic rings. The monoisotopic (exact) mass is 254 g/mol. The van der Waals surface area contributed by atoms with Gasteiger partial charge in [0.1, 0.15) is 0 Å². The summed E-state index contributed by atoms with van der Waals surface area (Å²) in [4.78, 5) is 21.3. The molecule has 100 valence electrons. The molecule has 1 saturated carbocycles. The van der Waals surface area contributed by atoms with Crippen molar-refractivity contribution in [3.8, 4) is 0 Å². The number of nitrogens with one attached hydrogen (secondary N) is 2. The van der Waals surface area contributed by atoms with Gasteiger partial charge in [0.15, 0.2) is 0 Å². The number of rotatable bonds is 6. The molecule has 0 saturated heterocycles. The minimum atomic E-state index is -0.891. The lowest BCUT2D eigenvalue weighted by Gasteiger charge is -2.45. The molecule has 1 fully saturated rings. The van der Waals surface area contributed by atoms with Crippen molar-refractivity contribution < 1.29 is 19.8 Å². The van der Waals surface area contributed by atoms with Gasteiger partial charge in [-0.1, -0.05) is 12.2 Å². The van der Waals surface area contributed by atoms with Crippen molar-refractivity contribution >= 4 is 11.9 Å². The molecule has 2 bridgehead atoms. The Bertz CT molecular complexity index is 335. The van der Waals surface area contributed by atoms with E-state index >= 15 is 0 Å². The number of fused-ring (bicyclic) bond motifs is 2. The predicted molar refractivity (Wildman–Crippen MR) is 64.2 cm³/mol. The summed E-state index contributed by atoms with van der Waals surface area (Å²) in [5, 5.41) is 23.5. The van der Waals surface area contributed by atoms with Crippen molar-refractivity contribution in [2.45, 2.75) is 24.9 Å². The second kappa shape index (κ2) is 5.49. The summed E-state index contributed by atoms with van der Waals surface area (Å²) in [6, 6.07) is 0.00778. The molecule has 0 aromatic heterocycles. The SMILES string of the molecule is O=C(O)CN[C@@H]1[C@H](NCC(=O)O)[C@@H]2C=C[C@H]1CC2. The lowest BCUT2D eigenvalue weighted by molar-refractivity contribution is -0.137. The van der Waals surface area contributed by atoms with Gasteiger partial charge in [0.25, 0.3) is 0 Å². The zero-order chi connectivity index (χ0) is 13.1. The summed E-state index contributed by atoms with van der Waals surface area (Å²) in [7, 11) is 0. The average Bonchev–Trinajstić information content (AvgIpc) is 2.35. The standard InChI is InChI=1S/C12H18N2O4/c15-9(16)5-13-11-7-1-2-8(4-3-7)12(11)14-6-10(17)18/h1-2,7-8,11-14H,3-6H2,(H,15,16)(H,17,18)/t7-,8+,11-,12+. The third kappa shape index (κ3) is 2.88. The van der Waals surface area contributed by atoms with Crippen molar-refractivity contribution in [2.75, 3.05) is 13.1 Å². The maximum Gasteiger partial charge on any atom is 0.317 e. The van der Waals surface area contributed by atoms with Crippen LogP contribution in [-0.2, 0) is 9.59 Å². The van der Waals surface area contributed by atoms with Gasteiger partial charge >= 0.3 is 11.9 Å². The van der Waals surface area contributed by atoms with E-state index in [0.29, 0.717) is 11.8 Å². The molecule has 3 rings (SSSR count). The zero-order valence-electron chi connectivity index (χ0n) is 10.0. The first kappa shape index (κ1) is 13.0. The smallest absolute Gasteiger partial charge is 0.317 e. The Balaban J connectivity index is 2.00. The highest BCUT2D eigenvalue weighted by Gasteiger charge is 2.40. The van der Waals surface area contributed by atoms with E-state index in [1.165, 1.54) is 0 Å². The molecule has 4 atom stereocenters. The average molecular weight is 254 g/mol. The molecule has 0 aliphatic heterocycles. The van der Waals surface area contributed by atoms with Gasteiger partial charge in [-0.05, 0) is 24.7 Å². The van der Waals surface area contributed by atoms with Crippen molar-refractivity contribution in [1.82, 2.24) is 10.6 Å². The first-order valence-electron chi connectivity index (χ1n) is 6.16. The summed E-state index contributed by atoms with van der Waals surface area (Å²) in [5.74, 6) is -1.20. The lowest BCUT2D eigenvalue weighted by Crippen LogP contribution is -2.60. The normalized spacial score (nSPS) is 33.6. The molecular formula is C12H18N2O4. The highest BCUT2D eigenvalue weighted by molar-refractivity contribution is 5.69. The van der Waals surface area contributed by atoms with Gasteiger partial charge in [0.05, 0.1) is 13.1 Å². The van der Waals surface area contributed by atoms with E-state index in [0.717, 1.165) is 12.8 Å². The van der Waals surface area contributed by atoms with Crippen LogP contribution in [0.2, 0.25) is 0 Å². The largest absolute Gasteiger partial charge is 0.480 e. The summed E-state index contributed by atoms with van der Waals surface area (Å²) < 4.78 is 0. The van der Waals surface area contributed by atoms with Crippen LogP contribution in [0.1, 0.15) is 12.8 Å². The quantitative estimate of drug-likeness (QED) is 0.484. The predicted octanol–water partition coefficient (Wildman–Crippen LogP) is -0.332. The summed E-state index contributed by atoms with van der Waals surface area (Å²) in [5.41, 5.74) is 0. The van der Waals surface area contributed by atoms with Crippen LogP contribution in [0.5, 0.6) is 0 Å². The number of aliphatic carboxylic acids is 2. The lowest BCUT2D eigenvalue weighted by atomic mass is 9.69. The summed E-state index contributed by atoms with van der Waals surface area (Å²) in [6.07, 6.45) is 6.30. The van der Waals surface area contributed by atoms with Crippen LogP contribution >= 0.6 is 0 Å². The van der Waals surface area contributed by atoms with Gasteiger partial charge < -0.3 is 20.8 Å². The maximum atomic E-state index is 10.6. The van der Waals surface area contributed by atoms with Gasteiger partial charge in [0.2, 0.25) is 0 Å². The highest BCUT2D eigenvalue weighted by atomic mass is 16.4. The second-order valence-electron chi connectivity index (χ2n) is 4.89. The molecular weight excluding hydrogens is 236 g/mol. The van der Waals surface area contributed by atoms with E-state index in [-0.39, 0.29) is 25.2 Å². The van der Waals surface area contributed by atoms with Crippen molar-refractivity contribution in [3.05, 3.63) is 12.2 Å². The fourth-order valence-corrected chi connectivity index (χ4v) is 2.96. The van der Waals surface area contributed by atoms with E-state index < -0.39 is 11.9 Å². The van der Waals surface area contributed by atoms with E-state index in [4.69, 9.17) is 10.2 Å². The van der Waals surface area contributed by atoms with Gasteiger partial charge in [-0.15, -0.1) is 0 Å². The zero-order valence-corrected chi connectivity index (χ0v) is 10.0. The van der Waals surface area contributed by atoms with Crippen LogP contribution < -0.4 is 10.6 Å².